The highest BCUT2D eigenvalue weighted by molar-refractivity contribution is 5.86. The van der Waals surface area contributed by atoms with Crippen LogP contribution in [0.25, 0.3) is 22.0 Å². The van der Waals surface area contributed by atoms with Crippen molar-refractivity contribution in [3.63, 3.8) is 0 Å². The summed E-state index contributed by atoms with van der Waals surface area (Å²) in [4.78, 5) is 16.6. The monoisotopic (exact) mass is 454 g/mol. The summed E-state index contributed by atoms with van der Waals surface area (Å²) in [6.45, 7) is 2.65. The Bertz CT molecular complexity index is 1280. The summed E-state index contributed by atoms with van der Waals surface area (Å²) < 4.78 is 10.8. The SMILES string of the molecule is COc1cccc(OCC(=O)N2CCN(c3ccc(-c4ccc5ccccc5c4)nn3)CC2)c1. The highest BCUT2D eigenvalue weighted by Gasteiger charge is 2.22. The standard InChI is InChI=1S/C27H26N4O3/c1-33-23-7-4-8-24(18-23)34-19-27(32)31-15-13-30(14-16-31)26-12-11-25(28-29-26)22-10-9-20-5-2-3-6-21(20)17-22/h2-12,17-18H,13-16,19H2,1H3. The van der Waals surface area contributed by atoms with Crippen molar-refractivity contribution in [1.82, 2.24) is 15.1 Å². The second-order valence-corrected chi connectivity index (χ2v) is 8.17. The number of benzene rings is 3. The van der Waals surface area contributed by atoms with Crippen molar-refractivity contribution in [3.8, 4) is 22.8 Å². The Morgan fingerprint density at radius 2 is 1.62 bits per heavy atom. The van der Waals surface area contributed by atoms with Gasteiger partial charge in [0, 0.05) is 37.8 Å². The van der Waals surface area contributed by atoms with Crippen molar-refractivity contribution in [3.05, 3.63) is 78.9 Å². The largest absolute Gasteiger partial charge is 0.497 e. The molecular weight excluding hydrogens is 428 g/mol. The zero-order valence-electron chi connectivity index (χ0n) is 19.1. The number of aromatic nitrogens is 2. The maximum atomic E-state index is 12.6. The maximum absolute atomic E-state index is 12.6. The van der Waals surface area contributed by atoms with Gasteiger partial charge in [-0.1, -0.05) is 42.5 Å². The average molecular weight is 455 g/mol. The second kappa shape index (κ2) is 9.79. The van der Waals surface area contributed by atoms with E-state index in [0.29, 0.717) is 37.7 Å². The van der Waals surface area contributed by atoms with Gasteiger partial charge in [0.2, 0.25) is 0 Å². The third-order valence-corrected chi connectivity index (χ3v) is 6.06. The number of rotatable bonds is 6. The van der Waals surface area contributed by atoms with E-state index in [-0.39, 0.29) is 12.5 Å². The predicted molar refractivity (Wildman–Crippen MR) is 132 cm³/mol. The van der Waals surface area contributed by atoms with Crippen molar-refractivity contribution < 1.29 is 14.3 Å². The van der Waals surface area contributed by atoms with Gasteiger partial charge >= 0.3 is 0 Å². The number of hydrogen-bond acceptors (Lipinski definition) is 6. The zero-order chi connectivity index (χ0) is 23.3. The number of carbonyl (C=O) groups is 1. The summed E-state index contributed by atoms with van der Waals surface area (Å²) in [5.41, 5.74) is 1.89. The lowest BCUT2D eigenvalue weighted by atomic mass is 10.1. The molecule has 1 aliphatic rings. The minimum absolute atomic E-state index is 0.00737. The van der Waals surface area contributed by atoms with Gasteiger partial charge in [0.05, 0.1) is 12.8 Å². The molecule has 3 aromatic carbocycles. The predicted octanol–water partition coefficient (Wildman–Crippen LogP) is 4.03. The first-order valence-electron chi connectivity index (χ1n) is 11.3. The molecule has 2 heterocycles. The van der Waals surface area contributed by atoms with Gasteiger partial charge in [0.15, 0.2) is 12.4 Å². The minimum Gasteiger partial charge on any atom is -0.497 e. The molecule has 0 aliphatic carbocycles. The number of anilines is 1. The Kier molecular flexibility index (Phi) is 6.25. The van der Waals surface area contributed by atoms with Crippen LogP contribution in [-0.2, 0) is 4.79 Å². The number of carbonyl (C=O) groups excluding carboxylic acids is 1. The van der Waals surface area contributed by atoms with E-state index >= 15 is 0 Å². The molecular formula is C27H26N4O3. The number of nitrogens with zero attached hydrogens (tertiary/aromatic N) is 4. The number of fused-ring (bicyclic) bond motifs is 1. The number of hydrogen-bond donors (Lipinski definition) is 0. The van der Waals surface area contributed by atoms with Crippen LogP contribution in [0, 0.1) is 0 Å². The number of ether oxygens (including phenoxy) is 2. The molecule has 172 valence electrons. The highest BCUT2D eigenvalue weighted by Crippen LogP contribution is 2.24. The zero-order valence-corrected chi connectivity index (χ0v) is 19.1. The molecule has 1 amide bonds. The van der Waals surface area contributed by atoms with Gasteiger partial charge in [-0.25, -0.2) is 0 Å². The molecule has 0 unspecified atom stereocenters. The molecule has 1 fully saturated rings. The fraction of sp³-hybridized carbons (Fsp3) is 0.222. The molecule has 5 rings (SSSR count). The fourth-order valence-electron chi connectivity index (χ4n) is 4.11. The molecule has 1 aliphatic heterocycles. The third kappa shape index (κ3) is 4.78. The normalized spacial score (nSPS) is 13.7. The molecule has 0 saturated carbocycles. The van der Waals surface area contributed by atoms with E-state index in [2.05, 4.69) is 45.4 Å². The van der Waals surface area contributed by atoms with Crippen molar-refractivity contribution in [2.75, 3.05) is 44.8 Å². The van der Waals surface area contributed by atoms with Gasteiger partial charge in [-0.3, -0.25) is 4.79 Å². The Labute approximate surface area is 198 Å². The number of piperazine rings is 1. The van der Waals surface area contributed by atoms with Crippen LogP contribution in [0.15, 0.2) is 78.9 Å². The molecule has 0 spiro atoms. The van der Waals surface area contributed by atoms with Crippen LogP contribution in [0.2, 0.25) is 0 Å². The van der Waals surface area contributed by atoms with Gasteiger partial charge < -0.3 is 19.3 Å². The van der Waals surface area contributed by atoms with E-state index in [1.54, 1.807) is 13.2 Å². The van der Waals surface area contributed by atoms with Crippen molar-refractivity contribution in [2.45, 2.75) is 0 Å². The molecule has 1 saturated heterocycles. The second-order valence-electron chi connectivity index (χ2n) is 8.17. The van der Waals surface area contributed by atoms with E-state index in [0.717, 1.165) is 17.1 Å². The summed E-state index contributed by atoms with van der Waals surface area (Å²) in [5, 5.41) is 11.3. The van der Waals surface area contributed by atoms with Crippen molar-refractivity contribution in [1.29, 1.82) is 0 Å². The minimum atomic E-state index is -0.0276. The molecule has 0 bridgehead atoms. The van der Waals surface area contributed by atoms with Gasteiger partial charge in [-0.15, -0.1) is 10.2 Å². The van der Waals surface area contributed by atoms with Gasteiger partial charge in [-0.05, 0) is 41.1 Å². The lowest BCUT2D eigenvalue weighted by Crippen LogP contribution is -2.50. The van der Waals surface area contributed by atoms with Crippen LogP contribution in [0.3, 0.4) is 0 Å². The van der Waals surface area contributed by atoms with Crippen LogP contribution in [0.5, 0.6) is 11.5 Å². The van der Waals surface area contributed by atoms with Gasteiger partial charge in [0.25, 0.3) is 5.91 Å². The average Bonchev–Trinajstić information content (AvgIpc) is 2.92. The maximum Gasteiger partial charge on any atom is 0.260 e. The van der Waals surface area contributed by atoms with E-state index in [4.69, 9.17) is 9.47 Å². The summed E-state index contributed by atoms with van der Waals surface area (Å²) >= 11 is 0. The van der Waals surface area contributed by atoms with E-state index < -0.39 is 0 Å². The summed E-state index contributed by atoms with van der Waals surface area (Å²) in [5.74, 6) is 2.11. The topological polar surface area (TPSA) is 67.8 Å². The third-order valence-electron chi connectivity index (χ3n) is 6.06. The first-order chi connectivity index (χ1) is 16.7. The fourth-order valence-corrected chi connectivity index (χ4v) is 4.11. The first kappa shape index (κ1) is 21.7. The molecule has 7 heteroatoms. The summed E-state index contributed by atoms with van der Waals surface area (Å²) in [6.07, 6.45) is 0. The Morgan fingerprint density at radius 3 is 2.38 bits per heavy atom. The van der Waals surface area contributed by atoms with Crippen LogP contribution < -0.4 is 14.4 Å². The summed E-state index contributed by atoms with van der Waals surface area (Å²) in [6, 6.07) is 25.9. The number of methoxy groups -OCH3 is 1. The van der Waals surface area contributed by atoms with E-state index in [1.807, 2.05) is 47.4 Å². The molecule has 0 N–H and O–H groups in total. The molecule has 0 radical (unpaired) electrons. The summed E-state index contributed by atoms with van der Waals surface area (Å²) in [7, 11) is 1.60. The molecule has 0 atom stereocenters. The van der Waals surface area contributed by atoms with Crippen LogP contribution in [0.1, 0.15) is 0 Å². The molecule has 4 aromatic rings. The van der Waals surface area contributed by atoms with Gasteiger partial charge in [0.1, 0.15) is 11.5 Å². The smallest absolute Gasteiger partial charge is 0.260 e. The Hall–Kier alpha value is -4.13. The lowest BCUT2D eigenvalue weighted by molar-refractivity contribution is -0.133. The quantitative estimate of drug-likeness (QED) is 0.438. The van der Waals surface area contributed by atoms with Crippen molar-refractivity contribution in [2.24, 2.45) is 0 Å². The van der Waals surface area contributed by atoms with Gasteiger partial charge in [-0.2, -0.15) is 0 Å². The highest BCUT2D eigenvalue weighted by atomic mass is 16.5. The lowest BCUT2D eigenvalue weighted by Gasteiger charge is -2.35. The Balaban J connectivity index is 1.16. The van der Waals surface area contributed by atoms with Crippen LogP contribution in [0.4, 0.5) is 5.82 Å². The Morgan fingerprint density at radius 1 is 0.824 bits per heavy atom. The van der Waals surface area contributed by atoms with E-state index in [9.17, 15) is 4.79 Å². The first-order valence-corrected chi connectivity index (χ1v) is 11.3. The van der Waals surface area contributed by atoms with E-state index in [1.165, 1.54) is 10.8 Å². The molecule has 34 heavy (non-hydrogen) atoms. The number of amides is 1. The molecule has 7 nitrogen and oxygen atoms in total. The molecule has 1 aromatic heterocycles. The van der Waals surface area contributed by atoms with Crippen LogP contribution >= 0.6 is 0 Å². The van der Waals surface area contributed by atoms with Crippen molar-refractivity contribution >= 4 is 22.5 Å². The van der Waals surface area contributed by atoms with Crippen LogP contribution in [-0.4, -0.2) is 60.9 Å².